The number of methoxy groups -OCH3 is 1. The van der Waals surface area contributed by atoms with Gasteiger partial charge in [0.1, 0.15) is 12.4 Å². The van der Waals surface area contributed by atoms with Crippen LogP contribution in [0.25, 0.3) is 0 Å². The van der Waals surface area contributed by atoms with Gasteiger partial charge in [-0.05, 0) is 24.3 Å². The highest BCUT2D eigenvalue weighted by Crippen LogP contribution is 2.37. The van der Waals surface area contributed by atoms with Crippen molar-refractivity contribution in [1.29, 1.82) is 0 Å². The second-order valence-corrected chi connectivity index (χ2v) is 5.55. The van der Waals surface area contributed by atoms with Crippen LogP contribution in [0.5, 0.6) is 5.75 Å². The van der Waals surface area contributed by atoms with Crippen LogP contribution in [0.3, 0.4) is 0 Å². The lowest BCUT2D eigenvalue weighted by Gasteiger charge is -2.18. The molecule has 0 unspecified atom stereocenters. The highest BCUT2D eigenvalue weighted by molar-refractivity contribution is 6.34. The standard InChI is InChI=1S/C18H14F3NO4/c1-25-6-7-26-13-9-11(18(19,20)21)8-12(10-13)22-16(23)14-4-2-3-5-15(14)17(22)24/h2-5,8-10H,6-7H2,1H3. The maximum atomic E-state index is 13.2. The number of anilines is 1. The number of carbonyl (C=O) groups excluding carboxylic acids is 2. The molecule has 2 aromatic carbocycles. The van der Waals surface area contributed by atoms with Gasteiger partial charge >= 0.3 is 6.18 Å². The molecule has 2 aromatic rings. The fraction of sp³-hybridized carbons (Fsp3) is 0.222. The van der Waals surface area contributed by atoms with Gasteiger partial charge < -0.3 is 9.47 Å². The Morgan fingerprint density at radius 3 is 2.12 bits per heavy atom. The highest BCUT2D eigenvalue weighted by Gasteiger charge is 2.38. The third-order valence-corrected chi connectivity index (χ3v) is 3.83. The van der Waals surface area contributed by atoms with Crippen molar-refractivity contribution in [2.75, 3.05) is 25.2 Å². The summed E-state index contributed by atoms with van der Waals surface area (Å²) in [6, 6.07) is 8.88. The molecule has 3 rings (SSSR count). The first-order chi connectivity index (χ1) is 12.3. The van der Waals surface area contributed by atoms with E-state index in [2.05, 4.69) is 0 Å². The number of hydrogen-bond acceptors (Lipinski definition) is 4. The molecule has 136 valence electrons. The second-order valence-electron chi connectivity index (χ2n) is 5.55. The molecule has 0 spiro atoms. The Labute approximate surface area is 146 Å². The molecule has 1 aliphatic heterocycles. The molecule has 8 heteroatoms. The van der Waals surface area contributed by atoms with Crippen LogP contribution in [0.2, 0.25) is 0 Å². The Bertz CT molecular complexity index is 829. The maximum Gasteiger partial charge on any atom is 0.416 e. The molecule has 0 saturated heterocycles. The number of hydrogen-bond donors (Lipinski definition) is 0. The van der Waals surface area contributed by atoms with Crippen molar-refractivity contribution in [3.8, 4) is 5.75 Å². The number of nitrogens with zero attached hydrogens (tertiary/aromatic N) is 1. The predicted molar refractivity (Wildman–Crippen MR) is 86.4 cm³/mol. The molecule has 5 nitrogen and oxygen atoms in total. The van der Waals surface area contributed by atoms with E-state index >= 15 is 0 Å². The van der Waals surface area contributed by atoms with Gasteiger partial charge in [0.05, 0.1) is 29.0 Å². The van der Waals surface area contributed by atoms with Crippen LogP contribution in [0.1, 0.15) is 26.3 Å². The Morgan fingerprint density at radius 1 is 0.962 bits per heavy atom. The summed E-state index contributed by atoms with van der Waals surface area (Å²) < 4.78 is 49.7. The quantitative estimate of drug-likeness (QED) is 0.601. The summed E-state index contributed by atoms with van der Waals surface area (Å²) >= 11 is 0. The zero-order valence-electron chi connectivity index (χ0n) is 13.7. The Morgan fingerprint density at radius 2 is 1.58 bits per heavy atom. The Kier molecular flexibility index (Phi) is 4.69. The Hall–Kier alpha value is -2.87. The summed E-state index contributed by atoms with van der Waals surface area (Å²) in [4.78, 5) is 25.7. The number of amides is 2. The fourth-order valence-electron chi connectivity index (χ4n) is 2.63. The molecule has 0 fully saturated rings. The van der Waals surface area contributed by atoms with Crippen molar-refractivity contribution in [2.24, 2.45) is 0 Å². The summed E-state index contributed by atoms with van der Waals surface area (Å²) in [5.41, 5.74) is -0.911. The van der Waals surface area contributed by atoms with Crippen LogP contribution < -0.4 is 9.64 Å². The van der Waals surface area contributed by atoms with Gasteiger partial charge in [0.15, 0.2) is 0 Å². The smallest absolute Gasteiger partial charge is 0.416 e. The fourth-order valence-corrected chi connectivity index (χ4v) is 2.63. The van der Waals surface area contributed by atoms with Crippen LogP contribution in [0.4, 0.5) is 18.9 Å². The lowest BCUT2D eigenvalue weighted by atomic mass is 10.1. The monoisotopic (exact) mass is 365 g/mol. The number of fused-ring (bicyclic) bond motifs is 1. The lowest BCUT2D eigenvalue weighted by Crippen LogP contribution is -2.29. The molecular weight excluding hydrogens is 351 g/mol. The normalized spacial score (nSPS) is 13.9. The first-order valence-corrected chi connectivity index (χ1v) is 7.65. The summed E-state index contributed by atoms with van der Waals surface area (Å²) in [6.45, 7) is 0.206. The average molecular weight is 365 g/mol. The van der Waals surface area contributed by atoms with Crippen molar-refractivity contribution in [3.63, 3.8) is 0 Å². The van der Waals surface area contributed by atoms with E-state index in [1.807, 2.05) is 0 Å². The van der Waals surface area contributed by atoms with Crippen LogP contribution in [-0.2, 0) is 10.9 Å². The van der Waals surface area contributed by atoms with E-state index in [1.54, 1.807) is 12.1 Å². The van der Waals surface area contributed by atoms with Crippen LogP contribution in [0, 0.1) is 0 Å². The van der Waals surface area contributed by atoms with E-state index in [4.69, 9.17) is 9.47 Å². The van der Waals surface area contributed by atoms with E-state index < -0.39 is 23.6 Å². The van der Waals surface area contributed by atoms with Crippen molar-refractivity contribution in [1.82, 2.24) is 0 Å². The van der Waals surface area contributed by atoms with Crippen molar-refractivity contribution in [3.05, 3.63) is 59.2 Å². The summed E-state index contributed by atoms with van der Waals surface area (Å²) in [7, 11) is 1.43. The summed E-state index contributed by atoms with van der Waals surface area (Å²) in [5, 5.41) is 0. The molecule has 1 heterocycles. The second kappa shape index (κ2) is 6.80. The minimum Gasteiger partial charge on any atom is -0.491 e. The molecule has 0 saturated carbocycles. The van der Waals surface area contributed by atoms with Gasteiger partial charge in [0, 0.05) is 13.2 Å². The third kappa shape index (κ3) is 3.28. The zero-order chi connectivity index (χ0) is 18.9. The number of carbonyl (C=O) groups is 2. The number of benzene rings is 2. The molecule has 26 heavy (non-hydrogen) atoms. The van der Waals surface area contributed by atoms with Gasteiger partial charge in [-0.2, -0.15) is 13.2 Å². The SMILES string of the molecule is COCCOc1cc(N2C(=O)c3ccccc3C2=O)cc(C(F)(F)F)c1. The van der Waals surface area contributed by atoms with Gasteiger partial charge in [0.2, 0.25) is 0 Å². The van der Waals surface area contributed by atoms with Crippen LogP contribution in [0.15, 0.2) is 42.5 Å². The molecule has 0 aromatic heterocycles. The van der Waals surface area contributed by atoms with Crippen LogP contribution in [-0.4, -0.2) is 32.1 Å². The topological polar surface area (TPSA) is 55.8 Å². The van der Waals surface area contributed by atoms with E-state index in [1.165, 1.54) is 25.3 Å². The van der Waals surface area contributed by atoms with E-state index in [9.17, 15) is 22.8 Å². The molecule has 1 aliphatic rings. The van der Waals surface area contributed by atoms with Crippen molar-refractivity contribution < 1.29 is 32.2 Å². The van der Waals surface area contributed by atoms with Gasteiger partial charge in [0.25, 0.3) is 11.8 Å². The van der Waals surface area contributed by atoms with Crippen molar-refractivity contribution in [2.45, 2.75) is 6.18 Å². The molecule has 0 bridgehead atoms. The summed E-state index contributed by atoms with van der Waals surface area (Å²) in [5.74, 6) is -1.45. The number of alkyl halides is 3. The zero-order valence-corrected chi connectivity index (χ0v) is 13.7. The largest absolute Gasteiger partial charge is 0.491 e. The molecule has 0 atom stereocenters. The minimum absolute atomic E-state index is 0.0272. The minimum atomic E-state index is -4.66. The molecule has 0 aliphatic carbocycles. The van der Waals surface area contributed by atoms with E-state index in [-0.39, 0.29) is 35.8 Å². The van der Waals surface area contributed by atoms with E-state index in [0.29, 0.717) is 0 Å². The van der Waals surface area contributed by atoms with Gasteiger partial charge in [-0.25, -0.2) is 4.90 Å². The van der Waals surface area contributed by atoms with Crippen LogP contribution >= 0.6 is 0 Å². The first-order valence-electron chi connectivity index (χ1n) is 7.65. The van der Waals surface area contributed by atoms with Gasteiger partial charge in [-0.3, -0.25) is 9.59 Å². The first kappa shape index (κ1) is 17.9. The summed E-state index contributed by atoms with van der Waals surface area (Å²) in [6.07, 6.45) is -4.66. The van der Waals surface area contributed by atoms with E-state index in [0.717, 1.165) is 17.0 Å². The average Bonchev–Trinajstić information content (AvgIpc) is 2.86. The van der Waals surface area contributed by atoms with Gasteiger partial charge in [-0.15, -0.1) is 0 Å². The third-order valence-electron chi connectivity index (χ3n) is 3.83. The molecular formula is C18H14F3NO4. The number of halogens is 3. The van der Waals surface area contributed by atoms with Gasteiger partial charge in [-0.1, -0.05) is 12.1 Å². The maximum absolute atomic E-state index is 13.2. The number of ether oxygens (including phenoxy) is 2. The number of imide groups is 1. The highest BCUT2D eigenvalue weighted by atomic mass is 19.4. The Balaban J connectivity index is 2.03. The number of rotatable bonds is 5. The van der Waals surface area contributed by atoms with Crippen molar-refractivity contribution >= 4 is 17.5 Å². The molecule has 2 amide bonds. The molecule has 0 N–H and O–H groups in total. The predicted octanol–water partition coefficient (Wildman–Crippen LogP) is 3.53. The molecule has 0 radical (unpaired) electrons. The lowest BCUT2D eigenvalue weighted by molar-refractivity contribution is -0.137.